The Balaban J connectivity index is 2.31. The summed E-state index contributed by atoms with van der Waals surface area (Å²) < 4.78 is 5.36. The molecule has 0 aliphatic carbocycles. The zero-order valence-corrected chi connectivity index (χ0v) is 11.1. The van der Waals surface area contributed by atoms with Crippen LogP contribution in [-0.2, 0) is 13.1 Å². The second-order valence-corrected chi connectivity index (χ2v) is 4.52. The van der Waals surface area contributed by atoms with Crippen LogP contribution in [0.2, 0.25) is 0 Å². The summed E-state index contributed by atoms with van der Waals surface area (Å²) in [6.45, 7) is 5.26. The van der Waals surface area contributed by atoms with Gasteiger partial charge in [0.2, 0.25) is 0 Å². The second kappa shape index (κ2) is 5.23. The van der Waals surface area contributed by atoms with Gasteiger partial charge in [-0.1, -0.05) is 0 Å². The van der Waals surface area contributed by atoms with Gasteiger partial charge in [0.1, 0.15) is 11.6 Å². The lowest BCUT2D eigenvalue weighted by atomic mass is 10.1. The number of furan rings is 1. The molecule has 0 aliphatic rings. The maximum Gasteiger partial charge on any atom is 0.133 e. The molecular formula is C14H19N3O. The highest BCUT2D eigenvalue weighted by Crippen LogP contribution is 2.22. The van der Waals surface area contributed by atoms with Crippen LogP contribution in [0, 0.1) is 13.8 Å². The van der Waals surface area contributed by atoms with Crippen LogP contribution in [0.25, 0.3) is 0 Å². The zero-order chi connectivity index (χ0) is 13.1. The van der Waals surface area contributed by atoms with Gasteiger partial charge in [-0.3, -0.25) is 0 Å². The number of hydrogen-bond donors (Lipinski definition) is 1. The lowest BCUT2D eigenvalue weighted by Crippen LogP contribution is -2.21. The summed E-state index contributed by atoms with van der Waals surface area (Å²) in [7, 11) is 2.00. The lowest BCUT2D eigenvalue weighted by molar-refractivity contribution is 0.506. The second-order valence-electron chi connectivity index (χ2n) is 4.52. The lowest BCUT2D eigenvalue weighted by Gasteiger charge is -2.21. The van der Waals surface area contributed by atoms with Crippen LogP contribution in [0.15, 0.2) is 28.9 Å². The molecule has 0 spiro atoms. The number of pyridine rings is 1. The minimum Gasteiger partial charge on any atom is -0.467 e. The predicted molar refractivity (Wildman–Crippen MR) is 72.4 cm³/mol. The average molecular weight is 245 g/mol. The highest BCUT2D eigenvalue weighted by molar-refractivity contribution is 5.51. The van der Waals surface area contributed by atoms with Gasteiger partial charge in [-0.2, -0.15) is 0 Å². The van der Waals surface area contributed by atoms with Crippen LogP contribution in [0.4, 0.5) is 5.82 Å². The van der Waals surface area contributed by atoms with Gasteiger partial charge in [0.25, 0.3) is 0 Å². The van der Waals surface area contributed by atoms with Crippen LogP contribution < -0.4 is 10.6 Å². The zero-order valence-electron chi connectivity index (χ0n) is 11.1. The summed E-state index contributed by atoms with van der Waals surface area (Å²) in [5.74, 6) is 1.85. The molecule has 2 aromatic heterocycles. The molecule has 0 aromatic carbocycles. The van der Waals surface area contributed by atoms with Gasteiger partial charge >= 0.3 is 0 Å². The molecule has 2 heterocycles. The van der Waals surface area contributed by atoms with E-state index in [2.05, 4.69) is 22.9 Å². The summed E-state index contributed by atoms with van der Waals surface area (Å²) in [5.41, 5.74) is 9.11. The van der Waals surface area contributed by atoms with E-state index in [1.54, 1.807) is 6.26 Å². The largest absolute Gasteiger partial charge is 0.467 e. The van der Waals surface area contributed by atoms with Crippen molar-refractivity contribution >= 4 is 5.82 Å². The van der Waals surface area contributed by atoms with E-state index >= 15 is 0 Å². The molecule has 0 amide bonds. The Kier molecular flexibility index (Phi) is 3.67. The minimum atomic E-state index is 0.497. The summed E-state index contributed by atoms with van der Waals surface area (Å²) in [6.07, 6.45) is 1.68. The highest BCUT2D eigenvalue weighted by atomic mass is 16.3. The summed E-state index contributed by atoms with van der Waals surface area (Å²) >= 11 is 0. The van der Waals surface area contributed by atoms with E-state index in [1.807, 2.05) is 26.1 Å². The summed E-state index contributed by atoms with van der Waals surface area (Å²) in [4.78, 5) is 6.66. The maximum atomic E-state index is 5.82. The fraction of sp³-hybridized carbons (Fsp3) is 0.357. The van der Waals surface area contributed by atoms with Crippen molar-refractivity contribution in [2.75, 3.05) is 11.9 Å². The first-order valence-corrected chi connectivity index (χ1v) is 6.02. The topological polar surface area (TPSA) is 55.3 Å². The summed E-state index contributed by atoms with van der Waals surface area (Å²) in [5, 5.41) is 0. The molecule has 4 nitrogen and oxygen atoms in total. The molecule has 2 aromatic rings. The molecule has 2 rings (SSSR count). The van der Waals surface area contributed by atoms with E-state index in [4.69, 9.17) is 10.2 Å². The number of aryl methyl sites for hydroxylation is 2. The van der Waals surface area contributed by atoms with Crippen LogP contribution in [0.5, 0.6) is 0 Å². The Morgan fingerprint density at radius 1 is 1.39 bits per heavy atom. The molecule has 0 atom stereocenters. The first-order valence-electron chi connectivity index (χ1n) is 6.02. The molecule has 96 valence electrons. The van der Waals surface area contributed by atoms with E-state index < -0.39 is 0 Å². The first kappa shape index (κ1) is 12.6. The first-order chi connectivity index (χ1) is 8.61. The predicted octanol–water partition coefficient (Wildman–Crippen LogP) is 2.39. The smallest absolute Gasteiger partial charge is 0.133 e. The highest BCUT2D eigenvalue weighted by Gasteiger charge is 2.12. The van der Waals surface area contributed by atoms with Crippen LogP contribution in [0.3, 0.4) is 0 Å². The van der Waals surface area contributed by atoms with Crippen molar-refractivity contribution in [3.8, 4) is 0 Å². The number of nitrogens with two attached hydrogens (primary N) is 1. The molecule has 0 saturated heterocycles. The fourth-order valence-corrected chi connectivity index (χ4v) is 2.12. The third-order valence-corrected chi connectivity index (χ3v) is 2.99. The minimum absolute atomic E-state index is 0.497. The molecular weight excluding hydrogens is 226 g/mol. The SMILES string of the molecule is Cc1cc(C)c(CN)c(N(C)Cc2ccco2)n1. The fourth-order valence-electron chi connectivity index (χ4n) is 2.12. The van der Waals surface area contributed by atoms with Crippen molar-refractivity contribution in [2.45, 2.75) is 26.9 Å². The normalized spacial score (nSPS) is 10.7. The number of nitrogens with zero attached hydrogens (tertiary/aromatic N) is 2. The van der Waals surface area contributed by atoms with Crippen molar-refractivity contribution < 1.29 is 4.42 Å². The average Bonchev–Trinajstić information content (AvgIpc) is 2.80. The van der Waals surface area contributed by atoms with Gasteiger partial charge < -0.3 is 15.1 Å². The monoisotopic (exact) mass is 245 g/mol. The molecule has 0 bridgehead atoms. The van der Waals surface area contributed by atoms with Crippen molar-refractivity contribution in [3.63, 3.8) is 0 Å². The molecule has 0 unspecified atom stereocenters. The number of aromatic nitrogens is 1. The molecule has 0 radical (unpaired) electrons. The number of hydrogen-bond acceptors (Lipinski definition) is 4. The third kappa shape index (κ3) is 2.54. The Morgan fingerprint density at radius 2 is 2.17 bits per heavy atom. The Bertz CT molecular complexity index is 520. The van der Waals surface area contributed by atoms with Crippen molar-refractivity contribution in [1.29, 1.82) is 0 Å². The molecule has 2 N–H and O–H groups in total. The van der Waals surface area contributed by atoms with Gasteiger partial charge in [0, 0.05) is 24.8 Å². The van der Waals surface area contributed by atoms with Crippen molar-refractivity contribution in [3.05, 3.63) is 47.0 Å². The van der Waals surface area contributed by atoms with Gasteiger partial charge in [-0.15, -0.1) is 0 Å². The summed E-state index contributed by atoms with van der Waals surface area (Å²) in [6, 6.07) is 5.91. The quantitative estimate of drug-likeness (QED) is 0.898. The number of rotatable bonds is 4. The van der Waals surface area contributed by atoms with Gasteiger partial charge in [0.15, 0.2) is 0 Å². The van der Waals surface area contributed by atoms with E-state index in [-0.39, 0.29) is 0 Å². The van der Waals surface area contributed by atoms with Crippen LogP contribution >= 0.6 is 0 Å². The van der Waals surface area contributed by atoms with Gasteiger partial charge in [0.05, 0.1) is 12.8 Å². The number of anilines is 1. The van der Waals surface area contributed by atoms with E-state index in [0.29, 0.717) is 13.1 Å². The van der Waals surface area contributed by atoms with Crippen LogP contribution in [-0.4, -0.2) is 12.0 Å². The van der Waals surface area contributed by atoms with Crippen molar-refractivity contribution in [1.82, 2.24) is 4.98 Å². The van der Waals surface area contributed by atoms with Gasteiger partial charge in [-0.05, 0) is 37.6 Å². The molecule has 0 fully saturated rings. The molecule has 18 heavy (non-hydrogen) atoms. The Hall–Kier alpha value is -1.81. The van der Waals surface area contributed by atoms with Gasteiger partial charge in [-0.25, -0.2) is 4.98 Å². The van der Waals surface area contributed by atoms with E-state index in [1.165, 1.54) is 5.56 Å². The standard InChI is InChI=1S/C14H19N3O/c1-10-7-11(2)16-14(13(10)8-15)17(3)9-12-5-4-6-18-12/h4-7H,8-9,15H2,1-3H3. The molecule has 0 aliphatic heterocycles. The van der Waals surface area contributed by atoms with Crippen LogP contribution in [0.1, 0.15) is 22.6 Å². The third-order valence-electron chi connectivity index (χ3n) is 2.99. The Morgan fingerprint density at radius 3 is 2.78 bits per heavy atom. The van der Waals surface area contributed by atoms with E-state index in [9.17, 15) is 0 Å². The van der Waals surface area contributed by atoms with Crippen molar-refractivity contribution in [2.24, 2.45) is 5.73 Å². The molecule has 0 saturated carbocycles. The molecule has 4 heteroatoms. The van der Waals surface area contributed by atoms with E-state index in [0.717, 1.165) is 22.8 Å². The Labute approximate surface area is 107 Å². The maximum absolute atomic E-state index is 5.82.